The van der Waals surface area contributed by atoms with E-state index in [9.17, 15) is 5.11 Å². The van der Waals surface area contributed by atoms with Gasteiger partial charge in [-0.25, -0.2) is 0 Å². The van der Waals surface area contributed by atoms with Gasteiger partial charge < -0.3 is 9.84 Å². The summed E-state index contributed by atoms with van der Waals surface area (Å²) in [5.41, 5.74) is 2.90. The summed E-state index contributed by atoms with van der Waals surface area (Å²) in [5.74, 6) is 1.28. The summed E-state index contributed by atoms with van der Waals surface area (Å²) in [7, 11) is 0. The standard InChI is InChI=1S/C17H19NO2/c1-12-5-4-7-15(18-12)16(19)11-13-9-10-20-17-8-3-2-6-14(13)17/h2-8,13,16,19H,9-11H2,1H3. The van der Waals surface area contributed by atoms with Gasteiger partial charge in [0.1, 0.15) is 5.75 Å². The molecule has 2 heterocycles. The Hall–Kier alpha value is -1.87. The van der Waals surface area contributed by atoms with Gasteiger partial charge in [-0.2, -0.15) is 0 Å². The van der Waals surface area contributed by atoms with E-state index in [1.807, 2.05) is 43.3 Å². The first-order chi connectivity index (χ1) is 9.74. The van der Waals surface area contributed by atoms with Crippen LogP contribution in [0.25, 0.3) is 0 Å². The molecule has 1 aliphatic rings. The fraction of sp³-hybridized carbons (Fsp3) is 0.353. The van der Waals surface area contributed by atoms with E-state index >= 15 is 0 Å². The molecule has 0 radical (unpaired) electrons. The number of aliphatic hydroxyl groups excluding tert-OH is 1. The Morgan fingerprint density at radius 2 is 2.10 bits per heavy atom. The van der Waals surface area contributed by atoms with Gasteiger partial charge >= 0.3 is 0 Å². The summed E-state index contributed by atoms with van der Waals surface area (Å²) in [6.07, 6.45) is 1.11. The Bertz CT molecular complexity index is 597. The lowest BCUT2D eigenvalue weighted by Gasteiger charge is -2.27. The SMILES string of the molecule is Cc1cccc(C(O)CC2CCOc3ccccc32)n1. The van der Waals surface area contributed by atoms with Crippen molar-refractivity contribution >= 4 is 0 Å². The van der Waals surface area contributed by atoms with Crippen molar-refractivity contribution in [3.63, 3.8) is 0 Å². The molecule has 1 aliphatic heterocycles. The molecule has 3 nitrogen and oxygen atoms in total. The second-order valence-corrected chi connectivity index (χ2v) is 5.33. The van der Waals surface area contributed by atoms with Gasteiger partial charge in [0.15, 0.2) is 0 Å². The van der Waals surface area contributed by atoms with Crippen LogP contribution in [0.1, 0.15) is 41.8 Å². The summed E-state index contributed by atoms with van der Waals surface area (Å²) in [6.45, 7) is 2.66. The van der Waals surface area contributed by atoms with Gasteiger partial charge in [0.05, 0.1) is 18.4 Å². The summed E-state index contributed by atoms with van der Waals surface area (Å²) >= 11 is 0. The van der Waals surface area contributed by atoms with Gasteiger partial charge in [-0.3, -0.25) is 4.98 Å². The molecule has 1 aromatic carbocycles. The zero-order chi connectivity index (χ0) is 13.9. The number of para-hydroxylation sites is 1. The zero-order valence-electron chi connectivity index (χ0n) is 11.6. The van der Waals surface area contributed by atoms with Crippen LogP contribution in [-0.4, -0.2) is 16.7 Å². The molecule has 0 bridgehead atoms. The number of aryl methyl sites for hydroxylation is 1. The molecule has 0 aliphatic carbocycles. The summed E-state index contributed by atoms with van der Waals surface area (Å²) in [5, 5.41) is 10.4. The van der Waals surface area contributed by atoms with E-state index in [0.29, 0.717) is 12.3 Å². The minimum atomic E-state index is -0.522. The van der Waals surface area contributed by atoms with Crippen LogP contribution in [-0.2, 0) is 0 Å². The number of rotatable bonds is 3. The minimum absolute atomic E-state index is 0.331. The molecule has 0 saturated carbocycles. The molecule has 104 valence electrons. The van der Waals surface area contributed by atoms with E-state index in [0.717, 1.165) is 30.2 Å². The molecule has 2 unspecified atom stereocenters. The summed E-state index contributed by atoms with van der Waals surface area (Å²) < 4.78 is 5.66. The number of hydrogen-bond donors (Lipinski definition) is 1. The van der Waals surface area contributed by atoms with Gasteiger partial charge in [-0.15, -0.1) is 0 Å². The van der Waals surface area contributed by atoms with Crippen molar-refractivity contribution in [3.05, 3.63) is 59.4 Å². The van der Waals surface area contributed by atoms with Crippen molar-refractivity contribution in [1.82, 2.24) is 4.98 Å². The van der Waals surface area contributed by atoms with Gasteiger partial charge in [0.2, 0.25) is 0 Å². The van der Waals surface area contributed by atoms with Crippen LogP contribution in [0.5, 0.6) is 5.75 Å². The largest absolute Gasteiger partial charge is 0.493 e. The second kappa shape index (κ2) is 5.63. The van der Waals surface area contributed by atoms with Gasteiger partial charge in [0.25, 0.3) is 0 Å². The molecule has 2 atom stereocenters. The molecule has 3 heteroatoms. The molecule has 1 aromatic heterocycles. The predicted molar refractivity (Wildman–Crippen MR) is 77.8 cm³/mol. The molecular weight excluding hydrogens is 250 g/mol. The number of ether oxygens (including phenoxy) is 1. The van der Waals surface area contributed by atoms with Crippen molar-refractivity contribution in [1.29, 1.82) is 0 Å². The zero-order valence-corrected chi connectivity index (χ0v) is 11.6. The van der Waals surface area contributed by atoms with Crippen LogP contribution >= 0.6 is 0 Å². The fourth-order valence-corrected chi connectivity index (χ4v) is 2.80. The number of benzene rings is 1. The van der Waals surface area contributed by atoms with Gasteiger partial charge in [-0.1, -0.05) is 24.3 Å². The van der Waals surface area contributed by atoms with Crippen molar-refractivity contribution in [3.8, 4) is 5.75 Å². The Morgan fingerprint density at radius 1 is 1.25 bits per heavy atom. The third kappa shape index (κ3) is 2.68. The quantitative estimate of drug-likeness (QED) is 0.928. The van der Waals surface area contributed by atoms with E-state index in [1.165, 1.54) is 5.56 Å². The summed E-state index contributed by atoms with van der Waals surface area (Å²) in [4.78, 5) is 4.41. The maximum atomic E-state index is 10.4. The van der Waals surface area contributed by atoms with Gasteiger partial charge in [-0.05, 0) is 49.4 Å². The smallest absolute Gasteiger partial charge is 0.122 e. The summed E-state index contributed by atoms with van der Waals surface area (Å²) in [6, 6.07) is 13.9. The molecule has 3 rings (SSSR count). The van der Waals surface area contributed by atoms with E-state index in [2.05, 4.69) is 11.1 Å². The average Bonchev–Trinajstić information content (AvgIpc) is 2.47. The van der Waals surface area contributed by atoms with Crippen molar-refractivity contribution in [2.75, 3.05) is 6.61 Å². The highest BCUT2D eigenvalue weighted by atomic mass is 16.5. The highest BCUT2D eigenvalue weighted by Gasteiger charge is 2.24. The Labute approximate surface area is 119 Å². The van der Waals surface area contributed by atoms with Gasteiger partial charge in [0, 0.05) is 5.69 Å². The molecule has 0 amide bonds. The number of pyridine rings is 1. The van der Waals surface area contributed by atoms with Crippen LogP contribution < -0.4 is 4.74 Å². The highest BCUT2D eigenvalue weighted by molar-refractivity contribution is 5.37. The molecule has 20 heavy (non-hydrogen) atoms. The Morgan fingerprint density at radius 3 is 2.95 bits per heavy atom. The normalized spacial score (nSPS) is 19.0. The number of hydrogen-bond acceptors (Lipinski definition) is 3. The molecular formula is C17H19NO2. The maximum absolute atomic E-state index is 10.4. The van der Waals surface area contributed by atoms with E-state index in [-0.39, 0.29) is 0 Å². The number of aromatic nitrogens is 1. The first-order valence-electron chi connectivity index (χ1n) is 7.07. The maximum Gasteiger partial charge on any atom is 0.122 e. The first kappa shape index (κ1) is 13.1. The van der Waals surface area contributed by atoms with Crippen LogP contribution in [0.3, 0.4) is 0 Å². The van der Waals surface area contributed by atoms with Crippen molar-refractivity contribution in [2.24, 2.45) is 0 Å². The topological polar surface area (TPSA) is 42.4 Å². The monoisotopic (exact) mass is 269 g/mol. The van der Waals surface area contributed by atoms with Crippen LogP contribution in [0, 0.1) is 6.92 Å². The third-order valence-corrected chi connectivity index (χ3v) is 3.84. The molecule has 1 N–H and O–H groups in total. The van der Waals surface area contributed by atoms with Crippen LogP contribution in [0.15, 0.2) is 42.5 Å². The molecule has 0 fully saturated rings. The number of aliphatic hydroxyl groups is 1. The Kier molecular flexibility index (Phi) is 3.70. The average molecular weight is 269 g/mol. The molecule has 0 saturated heterocycles. The second-order valence-electron chi connectivity index (χ2n) is 5.33. The van der Waals surface area contributed by atoms with E-state index in [4.69, 9.17) is 4.74 Å². The lowest BCUT2D eigenvalue weighted by molar-refractivity contribution is 0.141. The third-order valence-electron chi connectivity index (χ3n) is 3.84. The molecule has 0 spiro atoms. The van der Waals surface area contributed by atoms with Crippen LogP contribution in [0.2, 0.25) is 0 Å². The van der Waals surface area contributed by atoms with Crippen molar-refractivity contribution < 1.29 is 9.84 Å². The predicted octanol–water partition coefficient (Wildman–Crippen LogP) is 3.38. The van der Waals surface area contributed by atoms with E-state index < -0.39 is 6.10 Å². The lowest BCUT2D eigenvalue weighted by atomic mass is 9.87. The van der Waals surface area contributed by atoms with Crippen molar-refractivity contribution in [2.45, 2.75) is 31.8 Å². The first-order valence-corrected chi connectivity index (χ1v) is 7.07. The fourth-order valence-electron chi connectivity index (χ4n) is 2.80. The highest BCUT2D eigenvalue weighted by Crippen LogP contribution is 2.38. The molecule has 2 aromatic rings. The van der Waals surface area contributed by atoms with Crippen LogP contribution in [0.4, 0.5) is 0 Å². The number of nitrogens with zero attached hydrogens (tertiary/aromatic N) is 1. The van der Waals surface area contributed by atoms with E-state index in [1.54, 1.807) is 0 Å². The Balaban J connectivity index is 1.79. The lowest BCUT2D eigenvalue weighted by Crippen LogP contribution is -2.17. The number of fused-ring (bicyclic) bond motifs is 1. The minimum Gasteiger partial charge on any atom is -0.493 e.